The van der Waals surface area contributed by atoms with E-state index in [0.717, 1.165) is 12.0 Å². The van der Waals surface area contributed by atoms with Gasteiger partial charge in [-0.05, 0) is 24.3 Å². The van der Waals surface area contributed by atoms with Crippen LogP contribution in [0.3, 0.4) is 0 Å². The topological polar surface area (TPSA) is 26.3 Å². The lowest BCUT2D eigenvalue weighted by Crippen LogP contribution is -2.20. The number of benzene rings is 1. The molecule has 1 aliphatic rings. The predicted molar refractivity (Wildman–Crippen MR) is 62.7 cm³/mol. The minimum absolute atomic E-state index is 0.0682. The average molecular weight is 218 g/mol. The number of hydrogen-bond acceptors (Lipinski definition) is 2. The van der Waals surface area contributed by atoms with Crippen molar-refractivity contribution in [3.8, 4) is 0 Å². The second-order valence-electron chi connectivity index (χ2n) is 5.45. The maximum atomic E-state index is 11.9. The van der Waals surface area contributed by atoms with Crippen LogP contribution in [0.1, 0.15) is 32.8 Å². The molecule has 1 unspecified atom stereocenters. The molecule has 0 saturated heterocycles. The third-order valence-electron chi connectivity index (χ3n) is 3.83. The molecule has 2 nitrogen and oxygen atoms in total. The molecule has 2 heteroatoms. The van der Waals surface area contributed by atoms with Gasteiger partial charge in [-0.3, -0.25) is 4.79 Å². The quantitative estimate of drug-likeness (QED) is 0.728. The van der Waals surface area contributed by atoms with Gasteiger partial charge in [0.2, 0.25) is 0 Å². The van der Waals surface area contributed by atoms with Gasteiger partial charge in [0.1, 0.15) is 6.61 Å². The van der Waals surface area contributed by atoms with E-state index in [-0.39, 0.29) is 16.8 Å². The summed E-state index contributed by atoms with van der Waals surface area (Å²) in [6, 6.07) is 9.79. The summed E-state index contributed by atoms with van der Waals surface area (Å²) >= 11 is 0. The lowest BCUT2D eigenvalue weighted by Gasteiger charge is -2.13. The standard InChI is InChI=1S/C14H18O2/c1-13(2)10-14(13,3)12(15)16-9-11-7-5-4-6-8-11/h4-8H,9-10H2,1-3H3. The van der Waals surface area contributed by atoms with Crippen molar-refractivity contribution in [1.82, 2.24) is 0 Å². The number of carbonyl (C=O) groups is 1. The average Bonchev–Trinajstić information content (AvgIpc) is 2.78. The van der Waals surface area contributed by atoms with E-state index in [1.165, 1.54) is 0 Å². The molecular formula is C14H18O2. The smallest absolute Gasteiger partial charge is 0.312 e. The largest absolute Gasteiger partial charge is 0.460 e. The molecule has 0 spiro atoms. The highest BCUT2D eigenvalue weighted by atomic mass is 16.5. The molecule has 0 bridgehead atoms. The Balaban J connectivity index is 1.91. The summed E-state index contributed by atoms with van der Waals surface area (Å²) in [7, 11) is 0. The third kappa shape index (κ3) is 1.84. The van der Waals surface area contributed by atoms with Crippen molar-refractivity contribution in [2.75, 3.05) is 0 Å². The van der Waals surface area contributed by atoms with Gasteiger partial charge >= 0.3 is 5.97 Å². The maximum absolute atomic E-state index is 11.9. The van der Waals surface area contributed by atoms with Gasteiger partial charge in [-0.1, -0.05) is 44.2 Å². The molecule has 1 fully saturated rings. The molecule has 16 heavy (non-hydrogen) atoms. The van der Waals surface area contributed by atoms with Gasteiger partial charge in [0.25, 0.3) is 0 Å². The van der Waals surface area contributed by atoms with E-state index in [0.29, 0.717) is 6.61 Å². The first-order valence-electron chi connectivity index (χ1n) is 5.67. The van der Waals surface area contributed by atoms with E-state index in [4.69, 9.17) is 4.74 Å². The van der Waals surface area contributed by atoms with Gasteiger partial charge in [0.15, 0.2) is 0 Å². The molecule has 0 aromatic heterocycles. The monoisotopic (exact) mass is 218 g/mol. The zero-order chi connectivity index (χ0) is 11.8. The van der Waals surface area contributed by atoms with E-state index in [9.17, 15) is 4.79 Å². The highest BCUT2D eigenvalue weighted by Gasteiger charge is 2.63. The molecule has 0 radical (unpaired) electrons. The summed E-state index contributed by atoms with van der Waals surface area (Å²) in [5, 5.41) is 0. The maximum Gasteiger partial charge on any atom is 0.312 e. The second kappa shape index (κ2) is 3.62. The molecule has 0 aliphatic heterocycles. The fourth-order valence-electron chi connectivity index (χ4n) is 2.07. The minimum Gasteiger partial charge on any atom is -0.460 e. The number of hydrogen-bond donors (Lipinski definition) is 0. The summed E-state index contributed by atoms with van der Waals surface area (Å²) in [6.07, 6.45) is 0.924. The summed E-state index contributed by atoms with van der Waals surface area (Å²) in [4.78, 5) is 11.9. The van der Waals surface area contributed by atoms with Crippen molar-refractivity contribution in [1.29, 1.82) is 0 Å². The van der Waals surface area contributed by atoms with Crippen molar-refractivity contribution in [2.45, 2.75) is 33.8 Å². The highest BCUT2D eigenvalue weighted by Crippen LogP contribution is 2.63. The minimum atomic E-state index is -0.276. The van der Waals surface area contributed by atoms with Crippen LogP contribution in [0.5, 0.6) is 0 Å². The molecule has 1 aromatic carbocycles. The van der Waals surface area contributed by atoms with Crippen LogP contribution >= 0.6 is 0 Å². The second-order valence-corrected chi connectivity index (χ2v) is 5.45. The Morgan fingerprint density at radius 2 is 1.81 bits per heavy atom. The number of carbonyl (C=O) groups excluding carboxylic acids is 1. The van der Waals surface area contributed by atoms with E-state index >= 15 is 0 Å². The number of ether oxygens (including phenoxy) is 1. The molecule has 1 atom stereocenters. The van der Waals surface area contributed by atoms with Crippen molar-refractivity contribution in [2.24, 2.45) is 10.8 Å². The van der Waals surface area contributed by atoms with Crippen LogP contribution in [-0.4, -0.2) is 5.97 Å². The van der Waals surface area contributed by atoms with Crippen LogP contribution in [0.2, 0.25) is 0 Å². The normalized spacial score (nSPS) is 26.2. The third-order valence-corrected chi connectivity index (χ3v) is 3.83. The van der Waals surface area contributed by atoms with Gasteiger partial charge in [-0.2, -0.15) is 0 Å². The SMILES string of the molecule is CC1(C)CC1(C)C(=O)OCc1ccccc1. The Bertz CT molecular complexity index is 394. The Labute approximate surface area is 96.6 Å². The number of esters is 1. The van der Waals surface area contributed by atoms with E-state index in [1.54, 1.807) is 0 Å². The lowest BCUT2D eigenvalue weighted by molar-refractivity contribution is -0.152. The molecule has 1 saturated carbocycles. The van der Waals surface area contributed by atoms with Crippen molar-refractivity contribution in [3.05, 3.63) is 35.9 Å². The van der Waals surface area contributed by atoms with Crippen LogP contribution < -0.4 is 0 Å². The fourth-order valence-corrected chi connectivity index (χ4v) is 2.07. The predicted octanol–water partition coefficient (Wildman–Crippen LogP) is 3.17. The summed E-state index contributed by atoms with van der Waals surface area (Å²) in [5.41, 5.74) is 0.862. The van der Waals surface area contributed by atoms with Gasteiger partial charge in [0.05, 0.1) is 5.41 Å². The van der Waals surface area contributed by atoms with Gasteiger partial charge in [-0.25, -0.2) is 0 Å². The van der Waals surface area contributed by atoms with Gasteiger partial charge in [-0.15, -0.1) is 0 Å². The molecule has 1 aromatic rings. The Morgan fingerprint density at radius 3 is 2.31 bits per heavy atom. The molecule has 86 valence electrons. The summed E-state index contributed by atoms with van der Waals surface area (Å²) in [6.45, 7) is 6.58. The van der Waals surface area contributed by atoms with E-state index in [2.05, 4.69) is 13.8 Å². The van der Waals surface area contributed by atoms with Crippen LogP contribution in [-0.2, 0) is 16.1 Å². The highest BCUT2D eigenvalue weighted by molar-refractivity contribution is 5.81. The first-order valence-corrected chi connectivity index (χ1v) is 5.67. The fraction of sp³-hybridized carbons (Fsp3) is 0.500. The molecule has 2 rings (SSSR count). The van der Waals surface area contributed by atoms with E-state index < -0.39 is 0 Å². The zero-order valence-corrected chi connectivity index (χ0v) is 10.1. The zero-order valence-electron chi connectivity index (χ0n) is 10.1. The summed E-state index contributed by atoms with van der Waals surface area (Å²) in [5.74, 6) is -0.0682. The molecule has 1 aliphatic carbocycles. The van der Waals surface area contributed by atoms with Gasteiger partial charge in [0, 0.05) is 0 Å². The lowest BCUT2D eigenvalue weighted by atomic mass is 9.98. The number of rotatable bonds is 3. The molecule has 0 heterocycles. The van der Waals surface area contributed by atoms with Crippen LogP contribution in [0.25, 0.3) is 0 Å². The summed E-state index contributed by atoms with van der Waals surface area (Å²) < 4.78 is 5.35. The van der Waals surface area contributed by atoms with Crippen molar-refractivity contribution >= 4 is 5.97 Å². The Kier molecular flexibility index (Phi) is 2.53. The molecule has 0 N–H and O–H groups in total. The van der Waals surface area contributed by atoms with Crippen LogP contribution in [0.4, 0.5) is 0 Å². The molecular weight excluding hydrogens is 200 g/mol. The van der Waals surface area contributed by atoms with Crippen LogP contribution in [0, 0.1) is 10.8 Å². The first kappa shape index (κ1) is 11.2. The Hall–Kier alpha value is -1.31. The van der Waals surface area contributed by atoms with E-state index in [1.807, 2.05) is 37.3 Å². The first-order chi connectivity index (χ1) is 7.46. The van der Waals surface area contributed by atoms with Gasteiger partial charge < -0.3 is 4.74 Å². The molecule has 0 amide bonds. The Morgan fingerprint density at radius 1 is 1.25 bits per heavy atom. The van der Waals surface area contributed by atoms with Crippen LogP contribution in [0.15, 0.2) is 30.3 Å². The van der Waals surface area contributed by atoms with Crippen molar-refractivity contribution < 1.29 is 9.53 Å². The van der Waals surface area contributed by atoms with Crippen molar-refractivity contribution in [3.63, 3.8) is 0 Å².